The van der Waals surface area contributed by atoms with Gasteiger partial charge in [-0.1, -0.05) is 18.0 Å². The van der Waals surface area contributed by atoms with Crippen molar-refractivity contribution in [2.24, 2.45) is 0 Å². The van der Waals surface area contributed by atoms with Gasteiger partial charge in [0.25, 0.3) is 5.56 Å². The van der Waals surface area contributed by atoms with Gasteiger partial charge in [-0.15, -0.1) is 0 Å². The highest BCUT2D eigenvalue weighted by molar-refractivity contribution is 6.30. The molecule has 0 atom stereocenters. The van der Waals surface area contributed by atoms with Gasteiger partial charge >= 0.3 is 0 Å². The molecule has 4 rings (SSSR count). The Bertz CT molecular complexity index is 902. The maximum atomic E-state index is 12.7. The van der Waals surface area contributed by atoms with E-state index in [-0.39, 0.29) is 18.0 Å². The first kappa shape index (κ1) is 19.0. The summed E-state index contributed by atoms with van der Waals surface area (Å²) in [6.07, 6.45) is 5.18. The van der Waals surface area contributed by atoms with Crippen molar-refractivity contribution in [3.63, 3.8) is 0 Å². The van der Waals surface area contributed by atoms with Crippen molar-refractivity contribution in [1.82, 2.24) is 14.7 Å². The number of benzene rings is 1. The monoisotopic (exact) mass is 400 g/mol. The molecule has 1 fully saturated rings. The van der Waals surface area contributed by atoms with Crippen molar-refractivity contribution >= 4 is 23.2 Å². The number of aromatic nitrogens is 2. The van der Waals surface area contributed by atoms with Gasteiger partial charge in [-0.25, -0.2) is 4.68 Å². The SMILES string of the molecule is O=C(Cn1nc2c(cc1=O)CCCCC2)N1CCN(c2ccc(Cl)cc2)CC1. The lowest BCUT2D eigenvalue weighted by molar-refractivity contribution is -0.132. The molecule has 2 aromatic rings. The number of carbonyl (C=O) groups is 1. The van der Waals surface area contributed by atoms with E-state index in [0.29, 0.717) is 13.1 Å². The largest absolute Gasteiger partial charge is 0.368 e. The molecular weight excluding hydrogens is 376 g/mol. The lowest BCUT2D eigenvalue weighted by Gasteiger charge is -2.36. The third kappa shape index (κ3) is 4.22. The van der Waals surface area contributed by atoms with Crippen LogP contribution in [0.5, 0.6) is 0 Å². The van der Waals surface area contributed by atoms with Gasteiger partial charge in [0.15, 0.2) is 0 Å². The molecule has 1 aliphatic carbocycles. The summed E-state index contributed by atoms with van der Waals surface area (Å²) in [4.78, 5) is 29.2. The number of amides is 1. The third-order valence-corrected chi connectivity index (χ3v) is 5.89. The van der Waals surface area contributed by atoms with Crippen molar-refractivity contribution < 1.29 is 4.79 Å². The van der Waals surface area contributed by atoms with E-state index < -0.39 is 0 Å². The smallest absolute Gasteiger partial charge is 0.267 e. The van der Waals surface area contributed by atoms with Crippen LogP contribution in [0, 0.1) is 0 Å². The van der Waals surface area contributed by atoms with E-state index in [1.165, 1.54) is 11.1 Å². The number of fused-ring (bicyclic) bond motifs is 1. The van der Waals surface area contributed by atoms with Crippen LogP contribution >= 0.6 is 11.6 Å². The van der Waals surface area contributed by atoms with E-state index in [9.17, 15) is 9.59 Å². The zero-order chi connectivity index (χ0) is 19.5. The summed E-state index contributed by atoms with van der Waals surface area (Å²) in [5.41, 5.74) is 2.98. The van der Waals surface area contributed by atoms with Crippen molar-refractivity contribution in [2.75, 3.05) is 31.1 Å². The molecule has 1 saturated heterocycles. The molecule has 2 aliphatic rings. The molecular formula is C21H25ClN4O2. The summed E-state index contributed by atoms with van der Waals surface area (Å²) >= 11 is 5.95. The summed E-state index contributed by atoms with van der Waals surface area (Å²) < 4.78 is 1.35. The second-order valence-electron chi connectivity index (χ2n) is 7.52. The number of piperazine rings is 1. The summed E-state index contributed by atoms with van der Waals surface area (Å²) in [5.74, 6) is -0.0427. The summed E-state index contributed by atoms with van der Waals surface area (Å²) in [7, 11) is 0. The lowest BCUT2D eigenvalue weighted by atomic mass is 10.1. The predicted octanol–water partition coefficient (Wildman–Crippen LogP) is 2.51. The Balaban J connectivity index is 1.39. The number of rotatable bonds is 3. The molecule has 0 spiro atoms. The molecule has 0 radical (unpaired) electrons. The van der Waals surface area contributed by atoms with E-state index in [2.05, 4.69) is 10.00 Å². The highest BCUT2D eigenvalue weighted by Gasteiger charge is 2.22. The Morgan fingerprint density at radius 2 is 1.71 bits per heavy atom. The quantitative estimate of drug-likeness (QED) is 0.743. The number of hydrogen-bond acceptors (Lipinski definition) is 4. The van der Waals surface area contributed by atoms with Crippen molar-refractivity contribution in [3.05, 3.63) is 57.0 Å². The number of halogens is 1. The number of nitrogens with zero attached hydrogens (tertiary/aromatic N) is 4. The Morgan fingerprint density at radius 1 is 1.00 bits per heavy atom. The van der Waals surface area contributed by atoms with Crippen LogP contribution in [0.3, 0.4) is 0 Å². The fourth-order valence-corrected chi connectivity index (χ4v) is 4.11. The van der Waals surface area contributed by atoms with Crippen LogP contribution in [0.15, 0.2) is 35.1 Å². The first-order valence-electron chi connectivity index (χ1n) is 9.98. The third-order valence-electron chi connectivity index (χ3n) is 5.63. The van der Waals surface area contributed by atoms with Crippen molar-refractivity contribution in [2.45, 2.75) is 38.6 Å². The molecule has 0 saturated carbocycles. The zero-order valence-corrected chi connectivity index (χ0v) is 16.7. The molecule has 148 valence electrons. The first-order chi connectivity index (χ1) is 13.6. The van der Waals surface area contributed by atoms with Crippen LogP contribution in [0.2, 0.25) is 5.02 Å². The van der Waals surface area contributed by atoms with Gasteiger partial charge in [0, 0.05) is 43.0 Å². The Hall–Kier alpha value is -2.34. The molecule has 1 aromatic carbocycles. The highest BCUT2D eigenvalue weighted by Crippen LogP contribution is 2.20. The molecule has 28 heavy (non-hydrogen) atoms. The van der Waals surface area contributed by atoms with Gasteiger partial charge in [0.1, 0.15) is 6.54 Å². The normalized spacial score (nSPS) is 17.2. The van der Waals surface area contributed by atoms with Gasteiger partial charge < -0.3 is 9.80 Å². The maximum Gasteiger partial charge on any atom is 0.267 e. The molecule has 1 aliphatic heterocycles. The summed E-state index contributed by atoms with van der Waals surface area (Å²) in [6.45, 7) is 2.83. The van der Waals surface area contributed by atoms with E-state index in [0.717, 1.165) is 60.7 Å². The number of aryl methyl sites for hydroxylation is 2. The fourth-order valence-electron chi connectivity index (χ4n) is 3.99. The standard InChI is InChI=1S/C21H25ClN4O2/c22-17-6-8-18(9-7-17)24-10-12-25(13-11-24)21(28)15-26-20(27)14-16-4-2-1-3-5-19(16)23-26/h6-9,14H,1-5,10-13,15H2. The molecule has 0 unspecified atom stereocenters. The summed E-state index contributed by atoms with van der Waals surface area (Å²) in [5, 5.41) is 5.23. The van der Waals surface area contributed by atoms with Crippen LogP contribution < -0.4 is 10.5 Å². The molecule has 6 nitrogen and oxygen atoms in total. The Morgan fingerprint density at radius 3 is 2.46 bits per heavy atom. The second kappa shape index (κ2) is 8.35. The van der Waals surface area contributed by atoms with Crippen LogP contribution in [0.4, 0.5) is 5.69 Å². The average molecular weight is 401 g/mol. The first-order valence-corrected chi connectivity index (χ1v) is 10.4. The van der Waals surface area contributed by atoms with E-state index in [1.54, 1.807) is 6.07 Å². The molecule has 1 aromatic heterocycles. The fraction of sp³-hybridized carbons (Fsp3) is 0.476. The van der Waals surface area contributed by atoms with Gasteiger partial charge in [-0.2, -0.15) is 5.10 Å². The number of hydrogen-bond donors (Lipinski definition) is 0. The van der Waals surface area contributed by atoms with Crippen molar-refractivity contribution in [1.29, 1.82) is 0 Å². The highest BCUT2D eigenvalue weighted by atomic mass is 35.5. The second-order valence-corrected chi connectivity index (χ2v) is 7.95. The predicted molar refractivity (Wildman–Crippen MR) is 110 cm³/mol. The Labute approximate surface area is 169 Å². The molecule has 7 heteroatoms. The van der Waals surface area contributed by atoms with Crippen LogP contribution in [-0.2, 0) is 24.2 Å². The number of carbonyl (C=O) groups excluding carboxylic acids is 1. The van der Waals surface area contributed by atoms with Crippen LogP contribution in [0.25, 0.3) is 0 Å². The number of anilines is 1. The minimum atomic E-state index is -0.172. The van der Waals surface area contributed by atoms with Crippen LogP contribution in [-0.4, -0.2) is 46.8 Å². The van der Waals surface area contributed by atoms with Gasteiger partial charge in [-0.05, 0) is 55.5 Å². The van der Waals surface area contributed by atoms with E-state index in [1.807, 2.05) is 29.2 Å². The van der Waals surface area contributed by atoms with Gasteiger partial charge in [0.05, 0.1) is 5.69 Å². The molecule has 1 amide bonds. The maximum absolute atomic E-state index is 12.7. The zero-order valence-electron chi connectivity index (χ0n) is 15.9. The van der Waals surface area contributed by atoms with Crippen molar-refractivity contribution in [3.8, 4) is 0 Å². The topological polar surface area (TPSA) is 58.4 Å². The van der Waals surface area contributed by atoms with E-state index in [4.69, 9.17) is 11.6 Å². The summed E-state index contributed by atoms with van der Waals surface area (Å²) in [6, 6.07) is 9.44. The minimum absolute atomic E-state index is 0.0209. The average Bonchev–Trinajstić information content (AvgIpc) is 2.94. The van der Waals surface area contributed by atoms with E-state index >= 15 is 0 Å². The lowest BCUT2D eigenvalue weighted by Crippen LogP contribution is -2.50. The van der Waals surface area contributed by atoms with Crippen LogP contribution in [0.1, 0.15) is 30.5 Å². The van der Waals surface area contributed by atoms with Gasteiger partial charge in [0.2, 0.25) is 5.91 Å². The minimum Gasteiger partial charge on any atom is -0.368 e. The molecule has 0 N–H and O–H groups in total. The Kier molecular flexibility index (Phi) is 5.67. The van der Waals surface area contributed by atoms with Gasteiger partial charge in [-0.3, -0.25) is 9.59 Å². The molecule has 2 heterocycles. The molecule has 0 bridgehead atoms.